The summed E-state index contributed by atoms with van der Waals surface area (Å²) in [6.07, 6.45) is 1.91. The fraction of sp³-hybridized carbons (Fsp3) is 0.111. The van der Waals surface area contributed by atoms with Gasteiger partial charge in [0.05, 0.1) is 5.69 Å². The van der Waals surface area contributed by atoms with E-state index >= 15 is 0 Å². The number of benzene rings is 1. The molecule has 66 valence electrons. The molecule has 0 spiro atoms. The fourth-order valence-corrected chi connectivity index (χ4v) is 1.45. The number of hydrogen-bond acceptors (Lipinski definition) is 3. The molecule has 0 saturated carbocycles. The van der Waals surface area contributed by atoms with Gasteiger partial charge in [-0.15, -0.1) is 11.8 Å². The first-order valence-corrected chi connectivity index (χ1v) is 4.84. The molecule has 0 heterocycles. The van der Waals surface area contributed by atoms with E-state index in [0.717, 1.165) is 4.90 Å². The van der Waals surface area contributed by atoms with Crippen molar-refractivity contribution in [1.29, 1.82) is 5.26 Å². The van der Waals surface area contributed by atoms with Crippen LogP contribution in [0.15, 0.2) is 29.2 Å². The summed E-state index contributed by atoms with van der Waals surface area (Å²) in [6.45, 7) is 0. The molecule has 1 aromatic carbocycles. The van der Waals surface area contributed by atoms with Crippen molar-refractivity contribution in [3.8, 4) is 6.07 Å². The van der Waals surface area contributed by atoms with E-state index in [1.54, 1.807) is 6.07 Å². The lowest BCUT2D eigenvalue weighted by atomic mass is 10.3. The second-order valence-electron chi connectivity index (χ2n) is 2.27. The zero-order chi connectivity index (χ0) is 9.68. The summed E-state index contributed by atoms with van der Waals surface area (Å²) in [4.78, 5) is 11.7. The number of hydrogen-bond donors (Lipinski definition) is 1. The first-order chi connectivity index (χ1) is 6.27. The summed E-state index contributed by atoms with van der Waals surface area (Å²) >= 11 is 1.52. The van der Waals surface area contributed by atoms with Crippen molar-refractivity contribution >= 4 is 23.4 Å². The number of thioether (sulfide) groups is 1. The molecule has 4 heteroatoms. The van der Waals surface area contributed by atoms with Crippen LogP contribution in [0, 0.1) is 11.3 Å². The number of amides is 1. The van der Waals surface area contributed by atoms with Crippen molar-refractivity contribution in [2.45, 2.75) is 4.90 Å². The van der Waals surface area contributed by atoms with E-state index in [-0.39, 0.29) is 0 Å². The summed E-state index contributed by atoms with van der Waals surface area (Å²) in [5.41, 5.74) is 0.682. The highest BCUT2D eigenvalue weighted by Crippen LogP contribution is 2.24. The Morgan fingerprint density at radius 3 is 2.85 bits per heavy atom. The second-order valence-corrected chi connectivity index (χ2v) is 3.11. The molecule has 0 fully saturated rings. The Hall–Kier alpha value is -1.47. The van der Waals surface area contributed by atoms with Crippen LogP contribution < -0.4 is 5.32 Å². The highest BCUT2D eigenvalue weighted by molar-refractivity contribution is 7.98. The lowest BCUT2D eigenvalue weighted by Gasteiger charge is -2.04. The van der Waals surface area contributed by atoms with Crippen LogP contribution in [-0.2, 0) is 4.79 Å². The van der Waals surface area contributed by atoms with Crippen LogP contribution >= 0.6 is 11.8 Å². The number of nitrogens with one attached hydrogen (secondary N) is 1. The molecule has 0 aromatic heterocycles. The van der Waals surface area contributed by atoms with Crippen molar-refractivity contribution in [2.75, 3.05) is 11.6 Å². The van der Waals surface area contributed by atoms with E-state index in [2.05, 4.69) is 5.32 Å². The van der Waals surface area contributed by atoms with Gasteiger partial charge in [-0.2, -0.15) is 5.26 Å². The third kappa shape index (κ3) is 2.49. The maximum absolute atomic E-state index is 10.8. The Balaban J connectivity index is 2.88. The van der Waals surface area contributed by atoms with Crippen LogP contribution in [0.4, 0.5) is 5.69 Å². The van der Waals surface area contributed by atoms with Crippen LogP contribution in [0.25, 0.3) is 0 Å². The summed E-state index contributed by atoms with van der Waals surface area (Å²) in [7, 11) is 0. The predicted octanol–water partition coefficient (Wildman–Crippen LogP) is 1.87. The zero-order valence-electron chi connectivity index (χ0n) is 7.07. The van der Waals surface area contributed by atoms with E-state index in [1.807, 2.05) is 24.5 Å². The maximum atomic E-state index is 10.8. The Morgan fingerprint density at radius 2 is 2.23 bits per heavy atom. The molecule has 0 aliphatic carbocycles. The van der Waals surface area contributed by atoms with Crippen LogP contribution in [0.1, 0.15) is 0 Å². The minimum absolute atomic E-state index is 0.638. The first-order valence-electron chi connectivity index (χ1n) is 3.62. The number of nitriles is 1. The Labute approximate surface area is 80.8 Å². The molecule has 0 bridgehead atoms. The Kier molecular flexibility index (Phi) is 3.35. The lowest BCUT2D eigenvalue weighted by molar-refractivity contribution is -0.111. The van der Waals surface area contributed by atoms with Gasteiger partial charge in [-0.1, -0.05) is 12.1 Å². The molecule has 1 N–H and O–H groups in total. The summed E-state index contributed by atoms with van der Waals surface area (Å²) in [5, 5.41) is 10.8. The number of carbonyl (C=O) groups excluding carboxylic acids is 1. The van der Waals surface area contributed by atoms with Gasteiger partial charge in [0.15, 0.2) is 6.07 Å². The Bertz CT molecular complexity index is 357. The van der Waals surface area contributed by atoms with Crippen LogP contribution in [0.2, 0.25) is 0 Å². The standard InChI is InChI=1S/C9H8N2OS/c1-13-8-5-3-2-4-7(8)11-9(12)6-10/h2-5H,1H3,(H,11,12). The maximum Gasteiger partial charge on any atom is 0.326 e. The normalized spacial score (nSPS) is 8.92. The molecule has 1 rings (SSSR count). The predicted molar refractivity (Wildman–Crippen MR) is 52.5 cm³/mol. The highest BCUT2D eigenvalue weighted by Gasteiger charge is 2.03. The van der Waals surface area contributed by atoms with Gasteiger partial charge in [0.1, 0.15) is 0 Å². The van der Waals surface area contributed by atoms with Crippen molar-refractivity contribution in [3.63, 3.8) is 0 Å². The molecular weight excluding hydrogens is 184 g/mol. The first kappa shape index (κ1) is 9.62. The number of rotatable bonds is 2. The van der Waals surface area contributed by atoms with E-state index < -0.39 is 5.91 Å². The van der Waals surface area contributed by atoms with E-state index in [4.69, 9.17) is 5.26 Å². The van der Waals surface area contributed by atoms with Crippen LogP contribution in [0.3, 0.4) is 0 Å². The number of nitrogens with zero attached hydrogens (tertiary/aromatic N) is 1. The molecular formula is C9H8N2OS. The van der Waals surface area contributed by atoms with Crippen molar-refractivity contribution in [3.05, 3.63) is 24.3 Å². The van der Waals surface area contributed by atoms with E-state index in [1.165, 1.54) is 17.8 Å². The van der Waals surface area contributed by atoms with Gasteiger partial charge in [0.2, 0.25) is 0 Å². The van der Waals surface area contributed by atoms with Gasteiger partial charge in [-0.25, -0.2) is 0 Å². The van der Waals surface area contributed by atoms with Gasteiger partial charge >= 0.3 is 5.91 Å². The molecule has 0 unspecified atom stereocenters. The zero-order valence-corrected chi connectivity index (χ0v) is 7.89. The van der Waals surface area contributed by atoms with Crippen molar-refractivity contribution in [1.82, 2.24) is 0 Å². The van der Waals surface area contributed by atoms with Gasteiger partial charge in [0.25, 0.3) is 0 Å². The SMILES string of the molecule is CSc1ccccc1NC(=O)C#N. The summed E-state index contributed by atoms with van der Waals surface area (Å²) < 4.78 is 0. The lowest BCUT2D eigenvalue weighted by Crippen LogP contribution is -2.08. The van der Waals surface area contributed by atoms with E-state index in [0.29, 0.717) is 5.69 Å². The van der Waals surface area contributed by atoms with Gasteiger partial charge in [-0.3, -0.25) is 4.79 Å². The highest BCUT2D eigenvalue weighted by atomic mass is 32.2. The Morgan fingerprint density at radius 1 is 1.54 bits per heavy atom. The summed E-state index contributed by atoms with van der Waals surface area (Å²) in [5.74, 6) is -0.638. The molecule has 0 radical (unpaired) electrons. The largest absolute Gasteiger partial charge is 0.326 e. The van der Waals surface area contributed by atoms with Gasteiger partial charge in [0, 0.05) is 4.90 Å². The smallest absolute Gasteiger partial charge is 0.312 e. The topological polar surface area (TPSA) is 52.9 Å². The number of para-hydroxylation sites is 1. The molecule has 0 atom stereocenters. The molecule has 0 aliphatic heterocycles. The minimum Gasteiger partial charge on any atom is -0.312 e. The third-order valence-electron chi connectivity index (χ3n) is 1.46. The monoisotopic (exact) mass is 192 g/mol. The molecule has 3 nitrogen and oxygen atoms in total. The number of anilines is 1. The average Bonchev–Trinajstić information content (AvgIpc) is 2.18. The fourth-order valence-electron chi connectivity index (χ4n) is 0.898. The molecule has 1 amide bonds. The van der Waals surface area contributed by atoms with Crippen LogP contribution in [-0.4, -0.2) is 12.2 Å². The minimum atomic E-state index is -0.638. The van der Waals surface area contributed by atoms with E-state index in [9.17, 15) is 4.79 Å². The quantitative estimate of drug-likeness (QED) is 0.575. The van der Waals surface area contributed by atoms with Gasteiger partial charge in [-0.05, 0) is 18.4 Å². The molecule has 1 aromatic rings. The van der Waals surface area contributed by atoms with Crippen LogP contribution in [0.5, 0.6) is 0 Å². The number of carbonyl (C=O) groups is 1. The molecule has 13 heavy (non-hydrogen) atoms. The third-order valence-corrected chi connectivity index (χ3v) is 2.25. The molecule has 0 aliphatic rings. The second kappa shape index (κ2) is 4.53. The van der Waals surface area contributed by atoms with Gasteiger partial charge < -0.3 is 5.32 Å². The average molecular weight is 192 g/mol. The summed E-state index contributed by atoms with van der Waals surface area (Å²) in [6, 6.07) is 8.85. The van der Waals surface area contributed by atoms with Crippen molar-refractivity contribution < 1.29 is 4.79 Å². The molecule has 0 saturated heterocycles. The van der Waals surface area contributed by atoms with Crippen molar-refractivity contribution in [2.24, 2.45) is 0 Å².